The molecule has 0 aromatic heterocycles. The molecular weight excluding hydrogens is 322 g/mol. The van der Waals surface area contributed by atoms with E-state index in [9.17, 15) is 0 Å². The predicted molar refractivity (Wildman–Crippen MR) is 85.9 cm³/mol. The van der Waals surface area contributed by atoms with Gasteiger partial charge in [0.15, 0.2) is 0 Å². The molecule has 1 unspecified atom stereocenters. The molecule has 0 radical (unpaired) electrons. The molecule has 2 rings (SSSR count). The molecule has 19 heavy (non-hydrogen) atoms. The fourth-order valence-corrected chi connectivity index (χ4v) is 2.85. The van der Waals surface area contributed by atoms with Crippen LogP contribution in [0.3, 0.4) is 0 Å². The second kappa shape index (κ2) is 6.56. The van der Waals surface area contributed by atoms with E-state index in [2.05, 4.69) is 59.4 Å². The number of hydrogen-bond acceptors (Lipinski definition) is 1. The minimum absolute atomic E-state index is 0.151. The minimum Gasteiger partial charge on any atom is -0.306 e. The molecule has 0 spiro atoms. The van der Waals surface area contributed by atoms with Gasteiger partial charge in [0.25, 0.3) is 0 Å². The first kappa shape index (κ1) is 14.6. The van der Waals surface area contributed by atoms with E-state index in [0.717, 1.165) is 16.0 Å². The Morgan fingerprint density at radius 2 is 2.00 bits per heavy atom. The van der Waals surface area contributed by atoms with Gasteiger partial charge in [-0.3, -0.25) is 0 Å². The van der Waals surface area contributed by atoms with Gasteiger partial charge in [0, 0.05) is 9.50 Å². The predicted octanol–water partition coefficient (Wildman–Crippen LogP) is 5.11. The fourth-order valence-electron chi connectivity index (χ4n) is 2.20. The molecule has 3 heteroatoms. The first-order chi connectivity index (χ1) is 9.11. The standard InChI is InChI=1S/C16H17BrClN/c1-3-19-16(12-6-4-5-11(2)9-12)14-10-13(18)7-8-15(14)17/h4-10,16,19H,3H2,1-2H3. The molecule has 0 amide bonds. The number of benzene rings is 2. The van der Waals surface area contributed by atoms with Crippen molar-refractivity contribution in [3.8, 4) is 0 Å². The summed E-state index contributed by atoms with van der Waals surface area (Å²) in [6, 6.07) is 14.6. The maximum absolute atomic E-state index is 6.13. The van der Waals surface area contributed by atoms with Crippen LogP contribution in [0.1, 0.15) is 29.7 Å². The van der Waals surface area contributed by atoms with Gasteiger partial charge < -0.3 is 5.32 Å². The Kier molecular flexibility index (Phi) is 5.03. The van der Waals surface area contributed by atoms with E-state index >= 15 is 0 Å². The quantitative estimate of drug-likeness (QED) is 0.817. The van der Waals surface area contributed by atoms with E-state index in [4.69, 9.17) is 11.6 Å². The minimum atomic E-state index is 0.151. The second-order valence-electron chi connectivity index (χ2n) is 4.57. The van der Waals surface area contributed by atoms with Crippen LogP contribution in [0.5, 0.6) is 0 Å². The SMILES string of the molecule is CCNC(c1cccc(C)c1)c1cc(Cl)ccc1Br. The Labute approximate surface area is 128 Å². The average molecular weight is 339 g/mol. The van der Waals surface area contributed by atoms with Gasteiger partial charge >= 0.3 is 0 Å². The number of hydrogen-bond donors (Lipinski definition) is 1. The van der Waals surface area contributed by atoms with Crippen LogP contribution in [0.25, 0.3) is 0 Å². The zero-order valence-corrected chi connectivity index (χ0v) is 13.4. The summed E-state index contributed by atoms with van der Waals surface area (Å²) in [6.07, 6.45) is 0. The molecule has 1 atom stereocenters. The lowest BCUT2D eigenvalue weighted by Gasteiger charge is -2.21. The van der Waals surface area contributed by atoms with Gasteiger partial charge in [-0.15, -0.1) is 0 Å². The van der Waals surface area contributed by atoms with E-state index < -0.39 is 0 Å². The molecule has 100 valence electrons. The van der Waals surface area contributed by atoms with Crippen molar-refractivity contribution in [1.82, 2.24) is 5.32 Å². The molecule has 0 aliphatic carbocycles. The monoisotopic (exact) mass is 337 g/mol. The van der Waals surface area contributed by atoms with Crippen molar-refractivity contribution in [3.63, 3.8) is 0 Å². The van der Waals surface area contributed by atoms with E-state index in [0.29, 0.717) is 0 Å². The molecule has 1 N–H and O–H groups in total. The van der Waals surface area contributed by atoms with Crippen LogP contribution in [-0.2, 0) is 0 Å². The van der Waals surface area contributed by atoms with Crippen molar-refractivity contribution < 1.29 is 0 Å². The van der Waals surface area contributed by atoms with Crippen molar-refractivity contribution in [2.45, 2.75) is 19.9 Å². The fraction of sp³-hybridized carbons (Fsp3) is 0.250. The summed E-state index contributed by atoms with van der Waals surface area (Å²) in [5.41, 5.74) is 3.68. The van der Waals surface area contributed by atoms with Crippen LogP contribution in [0, 0.1) is 6.92 Å². The molecule has 0 heterocycles. The summed E-state index contributed by atoms with van der Waals surface area (Å²) in [7, 11) is 0. The molecule has 2 aromatic carbocycles. The third-order valence-corrected chi connectivity index (χ3v) is 4.01. The number of nitrogens with one attached hydrogen (secondary N) is 1. The zero-order chi connectivity index (χ0) is 13.8. The Hall–Kier alpha value is -0.830. The van der Waals surface area contributed by atoms with Crippen LogP contribution >= 0.6 is 27.5 Å². The molecular formula is C16H17BrClN. The van der Waals surface area contributed by atoms with Gasteiger partial charge in [-0.2, -0.15) is 0 Å². The molecule has 1 nitrogen and oxygen atoms in total. The highest BCUT2D eigenvalue weighted by Gasteiger charge is 2.16. The molecule has 0 aliphatic rings. The average Bonchev–Trinajstić information content (AvgIpc) is 2.39. The van der Waals surface area contributed by atoms with Gasteiger partial charge in [-0.05, 0) is 42.8 Å². The van der Waals surface area contributed by atoms with Crippen LogP contribution in [0.2, 0.25) is 5.02 Å². The third-order valence-electron chi connectivity index (χ3n) is 3.05. The lowest BCUT2D eigenvalue weighted by Crippen LogP contribution is -2.22. The summed E-state index contributed by atoms with van der Waals surface area (Å²) in [5.74, 6) is 0. The number of halogens is 2. The van der Waals surface area contributed by atoms with Crippen molar-refractivity contribution in [2.75, 3.05) is 6.54 Å². The van der Waals surface area contributed by atoms with E-state index in [-0.39, 0.29) is 6.04 Å². The highest BCUT2D eigenvalue weighted by Crippen LogP contribution is 2.31. The van der Waals surface area contributed by atoms with Gasteiger partial charge in [0.2, 0.25) is 0 Å². The van der Waals surface area contributed by atoms with Gasteiger partial charge in [-0.25, -0.2) is 0 Å². The van der Waals surface area contributed by atoms with Crippen LogP contribution in [0.15, 0.2) is 46.9 Å². The van der Waals surface area contributed by atoms with Gasteiger partial charge in [0.1, 0.15) is 0 Å². The van der Waals surface area contributed by atoms with Crippen LogP contribution in [-0.4, -0.2) is 6.54 Å². The Bertz CT molecular complexity index is 568. The summed E-state index contributed by atoms with van der Waals surface area (Å²) in [6.45, 7) is 5.12. The van der Waals surface area contributed by atoms with E-state index in [1.807, 2.05) is 18.2 Å². The molecule has 2 aromatic rings. The van der Waals surface area contributed by atoms with E-state index in [1.165, 1.54) is 16.7 Å². The smallest absolute Gasteiger partial charge is 0.0588 e. The van der Waals surface area contributed by atoms with Crippen molar-refractivity contribution in [2.24, 2.45) is 0 Å². The van der Waals surface area contributed by atoms with E-state index in [1.54, 1.807) is 0 Å². The Morgan fingerprint density at radius 3 is 2.68 bits per heavy atom. The summed E-state index contributed by atoms with van der Waals surface area (Å²) >= 11 is 9.75. The van der Waals surface area contributed by atoms with Crippen LogP contribution < -0.4 is 5.32 Å². The van der Waals surface area contributed by atoms with Gasteiger partial charge in [-0.1, -0.05) is 64.3 Å². The molecule has 0 bridgehead atoms. The topological polar surface area (TPSA) is 12.0 Å². The van der Waals surface area contributed by atoms with Gasteiger partial charge in [0.05, 0.1) is 6.04 Å². The third kappa shape index (κ3) is 3.59. The number of rotatable bonds is 4. The molecule has 0 aliphatic heterocycles. The summed E-state index contributed by atoms with van der Waals surface area (Å²) in [5, 5.41) is 4.28. The first-order valence-corrected chi connectivity index (χ1v) is 7.54. The van der Waals surface area contributed by atoms with Crippen molar-refractivity contribution in [3.05, 3.63) is 68.7 Å². The zero-order valence-electron chi connectivity index (χ0n) is 11.1. The van der Waals surface area contributed by atoms with Crippen molar-refractivity contribution in [1.29, 1.82) is 0 Å². The Balaban J connectivity index is 2.48. The summed E-state index contributed by atoms with van der Waals surface area (Å²) in [4.78, 5) is 0. The largest absolute Gasteiger partial charge is 0.306 e. The first-order valence-electron chi connectivity index (χ1n) is 6.36. The number of aryl methyl sites for hydroxylation is 1. The molecule has 0 saturated carbocycles. The molecule has 0 fully saturated rings. The van der Waals surface area contributed by atoms with Crippen molar-refractivity contribution >= 4 is 27.5 Å². The van der Waals surface area contributed by atoms with Crippen LogP contribution in [0.4, 0.5) is 0 Å². The normalized spacial score (nSPS) is 12.4. The highest BCUT2D eigenvalue weighted by molar-refractivity contribution is 9.10. The summed E-state index contributed by atoms with van der Waals surface area (Å²) < 4.78 is 1.07. The maximum Gasteiger partial charge on any atom is 0.0588 e. The Morgan fingerprint density at radius 1 is 1.21 bits per heavy atom. The lowest BCUT2D eigenvalue weighted by molar-refractivity contribution is 0.628. The molecule has 0 saturated heterocycles. The second-order valence-corrected chi connectivity index (χ2v) is 5.86. The highest BCUT2D eigenvalue weighted by atomic mass is 79.9. The lowest BCUT2D eigenvalue weighted by atomic mass is 9.97. The maximum atomic E-state index is 6.13.